The molecule has 31 heavy (non-hydrogen) atoms. The molecule has 0 aliphatic heterocycles. The highest BCUT2D eigenvalue weighted by Crippen LogP contribution is 2.21. The van der Waals surface area contributed by atoms with E-state index in [0.29, 0.717) is 0 Å². The lowest BCUT2D eigenvalue weighted by atomic mass is 9.93. The Morgan fingerprint density at radius 1 is 0.290 bits per heavy atom. The van der Waals surface area contributed by atoms with Crippen LogP contribution in [0.4, 0.5) is 0 Å². The zero-order valence-electron chi connectivity index (χ0n) is 22.8. The van der Waals surface area contributed by atoms with Gasteiger partial charge in [-0.05, 0) is 11.8 Å². The highest BCUT2D eigenvalue weighted by Gasteiger charge is 2.05. The maximum atomic E-state index is 2.50. The van der Waals surface area contributed by atoms with Gasteiger partial charge in [-0.2, -0.15) is 0 Å². The monoisotopic (exact) mass is 437 g/mol. The quantitative estimate of drug-likeness (QED) is 0.118. The predicted octanol–water partition coefficient (Wildman–Crippen LogP) is 12.1. The van der Waals surface area contributed by atoms with Crippen LogP contribution in [-0.2, 0) is 0 Å². The van der Waals surface area contributed by atoms with Gasteiger partial charge in [0.25, 0.3) is 0 Å². The third-order valence-corrected chi connectivity index (χ3v) is 7.49. The fourth-order valence-electron chi connectivity index (χ4n) is 5.06. The van der Waals surface area contributed by atoms with Gasteiger partial charge in [-0.3, -0.25) is 0 Å². The molecule has 0 amide bonds. The van der Waals surface area contributed by atoms with Gasteiger partial charge in [0.2, 0.25) is 0 Å². The van der Waals surface area contributed by atoms with Gasteiger partial charge < -0.3 is 0 Å². The third kappa shape index (κ3) is 26.1. The maximum Gasteiger partial charge on any atom is -0.0443 e. The molecule has 2 atom stereocenters. The summed E-state index contributed by atoms with van der Waals surface area (Å²) in [5, 5.41) is 0. The van der Waals surface area contributed by atoms with E-state index in [1.807, 2.05) is 0 Å². The van der Waals surface area contributed by atoms with Gasteiger partial charge in [0.1, 0.15) is 0 Å². The molecule has 0 heteroatoms. The molecule has 0 aliphatic rings. The molecule has 0 heterocycles. The second kappa shape index (κ2) is 26.3. The van der Waals surface area contributed by atoms with Crippen molar-refractivity contribution in [2.75, 3.05) is 0 Å². The number of unbranched alkanes of at least 4 members (excludes halogenated alkanes) is 18. The van der Waals surface area contributed by atoms with Gasteiger partial charge >= 0.3 is 0 Å². The summed E-state index contributed by atoms with van der Waals surface area (Å²) in [5.41, 5.74) is 0. The van der Waals surface area contributed by atoms with E-state index in [9.17, 15) is 0 Å². The van der Waals surface area contributed by atoms with Crippen LogP contribution in [-0.4, -0.2) is 0 Å². The van der Waals surface area contributed by atoms with E-state index in [1.165, 1.54) is 161 Å². The van der Waals surface area contributed by atoms with E-state index >= 15 is 0 Å². The smallest absolute Gasteiger partial charge is 0.0443 e. The van der Waals surface area contributed by atoms with Crippen molar-refractivity contribution in [2.24, 2.45) is 11.8 Å². The van der Waals surface area contributed by atoms with Gasteiger partial charge in [0.05, 0.1) is 0 Å². The zero-order chi connectivity index (χ0) is 22.8. The summed E-state index contributed by atoms with van der Waals surface area (Å²) in [7, 11) is 0. The largest absolute Gasteiger partial charge is 0.0654 e. The van der Waals surface area contributed by atoms with Crippen LogP contribution in [0.3, 0.4) is 0 Å². The van der Waals surface area contributed by atoms with Gasteiger partial charge in [-0.15, -0.1) is 0 Å². The standard InChI is InChI=1S/C31H64/c1-5-7-9-11-13-14-15-16-17-18-20-23-27-31(4)29-25-21-24-28-30(3)26-22-19-12-10-8-6-2/h30-31H,5-29H2,1-4H3. The molecule has 0 rings (SSSR count). The Kier molecular flexibility index (Phi) is 26.3. The lowest BCUT2D eigenvalue weighted by molar-refractivity contribution is 0.407. The van der Waals surface area contributed by atoms with E-state index in [2.05, 4.69) is 27.7 Å². The number of rotatable bonds is 26. The van der Waals surface area contributed by atoms with Gasteiger partial charge in [-0.25, -0.2) is 0 Å². The summed E-state index contributed by atoms with van der Waals surface area (Å²) in [5.74, 6) is 1.92. The Hall–Kier alpha value is 0. The van der Waals surface area contributed by atoms with E-state index in [1.54, 1.807) is 0 Å². The summed E-state index contributed by atoms with van der Waals surface area (Å²) < 4.78 is 0. The Morgan fingerprint density at radius 3 is 0.742 bits per heavy atom. The summed E-state index contributed by atoms with van der Waals surface area (Å²) in [6.07, 6.45) is 36.6. The summed E-state index contributed by atoms with van der Waals surface area (Å²) in [4.78, 5) is 0. The molecule has 188 valence electrons. The Morgan fingerprint density at radius 2 is 0.484 bits per heavy atom. The van der Waals surface area contributed by atoms with Crippen LogP contribution in [0, 0.1) is 11.8 Å². The molecule has 0 spiro atoms. The molecule has 0 aromatic rings. The predicted molar refractivity (Wildman–Crippen MR) is 145 cm³/mol. The van der Waals surface area contributed by atoms with Crippen LogP contribution < -0.4 is 0 Å². The first-order valence-electron chi connectivity index (χ1n) is 15.2. The van der Waals surface area contributed by atoms with Gasteiger partial charge in [0.15, 0.2) is 0 Å². The molecule has 0 saturated carbocycles. The first kappa shape index (κ1) is 31.0. The molecule has 0 N–H and O–H groups in total. The van der Waals surface area contributed by atoms with Crippen molar-refractivity contribution in [3.05, 3.63) is 0 Å². The second-order valence-corrected chi connectivity index (χ2v) is 11.1. The first-order chi connectivity index (χ1) is 15.2. The van der Waals surface area contributed by atoms with Crippen LogP contribution in [0.1, 0.15) is 188 Å². The van der Waals surface area contributed by atoms with E-state index in [4.69, 9.17) is 0 Å². The summed E-state index contributed by atoms with van der Waals surface area (Å²) >= 11 is 0. The Labute approximate surface area is 200 Å². The van der Waals surface area contributed by atoms with Gasteiger partial charge in [-0.1, -0.05) is 188 Å². The minimum absolute atomic E-state index is 0.962. The van der Waals surface area contributed by atoms with Gasteiger partial charge in [0, 0.05) is 0 Å². The fourth-order valence-corrected chi connectivity index (χ4v) is 5.06. The van der Waals surface area contributed by atoms with Crippen molar-refractivity contribution in [1.82, 2.24) is 0 Å². The van der Waals surface area contributed by atoms with Crippen molar-refractivity contribution >= 4 is 0 Å². The lowest BCUT2D eigenvalue weighted by Gasteiger charge is -2.13. The minimum Gasteiger partial charge on any atom is -0.0654 e. The molecule has 0 saturated heterocycles. The highest BCUT2D eigenvalue weighted by molar-refractivity contribution is 4.58. The van der Waals surface area contributed by atoms with Crippen molar-refractivity contribution in [3.63, 3.8) is 0 Å². The van der Waals surface area contributed by atoms with Crippen LogP contribution in [0.25, 0.3) is 0 Å². The number of hydrogen-bond acceptors (Lipinski definition) is 0. The summed E-state index contributed by atoms with van der Waals surface area (Å²) in [6, 6.07) is 0. The SMILES string of the molecule is CCCCCCCCCCCCCCC(C)CCCCCC(C)CCCCCCCC. The molecule has 0 aromatic carbocycles. The van der Waals surface area contributed by atoms with Crippen LogP contribution in [0.15, 0.2) is 0 Å². The van der Waals surface area contributed by atoms with Crippen LogP contribution >= 0.6 is 0 Å². The molecule has 0 fully saturated rings. The maximum absolute atomic E-state index is 2.50. The normalized spacial score (nSPS) is 13.5. The van der Waals surface area contributed by atoms with Crippen molar-refractivity contribution in [2.45, 2.75) is 188 Å². The zero-order valence-corrected chi connectivity index (χ0v) is 22.8. The molecule has 0 aromatic heterocycles. The van der Waals surface area contributed by atoms with E-state index in [-0.39, 0.29) is 0 Å². The molecule has 0 bridgehead atoms. The summed E-state index contributed by atoms with van der Waals surface area (Å²) in [6.45, 7) is 9.60. The number of hydrogen-bond donors (Lipinski definition) is 0. The van der Waals surface area contributed by atoms with Crippen molar-refractivity contribution in [1.29, 1.82) is 0 Å². The minimum atomic E-state index is 0.962. The third-order valence-electron chi connectivity index (χ3n) is 7.49. The van der Waals surface area contributed by atoms with E-state index in [0.717, 1.165) is 11.8 Å². The lowest BCUT2D eigenvalue weighted by Crippen LogP contribution is -1.97. The first-order valence-corrected chi connectivity index (χ1v) is 15.2. The Bertz CT molecular complexity index is 307. The molecule has 2 unspecified atom stereocenters. The molecular weight excluding hydrogens is 372 g/mol. The highest BCUT2D eigenvalue weighted by atomic mass is 14.1. The van der Waals surface area contributed by atoms with Crippen LogP contribution in [0.2, 0.25) is 0 Å². The fraction of sp³-hybridized carbons (Fsp3) is 1.00. The second-order valence-electron chi connectivity index (χ2n) is 11.1. The molecule has 0 aliphatic carbocycles. The topological polar surface area (TPSA) is 0 Å². The molecular formula is C31H64. The average molecular weight is 437 g/mol. The Balaban J connectivity index is 3.25. The van der Waals surface area contributed by atoms with Crippen LogP contribution in [0.5, 0.6) is 0 Å². The van der Waals surface area contributed by atoms with E-state index < -0.39 is 0 Å². The van der Waals surface area contributed by atoms with Crippen molar-refractivity contribution < 1.29 is 0 Å². The molecule has 0 nitrogen and oxygen atoms in total. The average Bonchev–Trinajstić information content (AvgIpc) is 2.76. The molecule has 0 radical (unpaired) electrons. The van der Waals surface area contributed by atoms with Crippen molar-refractivity contribution in [3.8, 4) is 0 Å².